The van der Waals surface area contributed by atoms with E-state index >= 15 is 0 Å². The smallest absolute Gasteiger partial charge is 0.144 e. The van der Waals surface area contributed by atoms with E-state index in [1.54, 1.807) is 0 Å². The Labute approximate surface area is 164 Å². The van der Waals surface area contributed by atoms with Crippen LogP contribution < -0.4 is 5.32 Å². The first kappa shape index (κ1) is 17.0. The normalized spacial score (nSPS) is 23.8. The Bertz CT molecular complexity index is 1050. The molecule has 3 atom stereocenters. The number of rotatable bonds is 2. The minimum atomic E-state index is -0.307. The molecule has 2 aromatic carbocycles. The molecular formula is C24H22N2O2. The zero-order valence-corrected chi connectivity index (χ0v) is 15.8. The number of para-hydroxylation sites is 2. The highest BCUT2D eigenvalue weighted by Gasteiger charge is 2.42. The second-order valence-electron chi connectivity index (χ2n) is 7.65. The van der Waals surface area contributed by atoms with E-state index in [-0.39, 0.29) is 23.7 Å². The van der Waals surface area contributed by atoms with Crippen molar-refractivity contribution in [1.82, 2.24) is 0 Å². The number of hydrogen-bond donors (Lipinski definition) is 1. The molecule has 0 bridgehead atoms. The van der Waals surface area contributed by atoms with Crippen LogP contribution in [0.2, 0.25) is 0 Å². The van der Waals surface area contributed by atoms with Gasteiger partial charge < -0.3 is 9.73 Å². The molecule has 4 nitrogen and oxygen atoms in total. The molecule has 5 rings (SSSR count). The summed E-state index contributed by atoms with van der Waals surface area (Å²) in [7, 11) is 0. The first-order valence-corrected chi connectivity index (χ1v) is 9.76. The van der Waals surface area contributed by atoms with Crippen molar-refractivity contribution in [3.05, 3.63) is 83.8 Å². The number of anilines is 1. The van der Waals surface area contributed by atoms with Crippen molar-refractivity contribution >= 4 is 22.9 Å². The maximum absolute atomic E-state index is 13.3. The SMILES string of the molecule is Cc1ccc(C2Nc3ccccc3N=C3CC(c4ccccc4)CC(=O)C32)o1. The molecule has 1 aromatic heterocycles. The van der Waals surface area contributed by atoms with Crippen molar-refractivity contribution < 1.29 is 9.21 Å². The van der Waals surface area contributed by atoms with Crippen LogP contribution in [-0.4, -0.2) is 11.5 Å². The molecule has 4 heteroatoms. The highest BCUT2D eigenvalue weighted by Crippen LogP contribution is 2.44. The monoisotopic (exact) mass is 370 g/mol. The number of nitrogens with zero attached hydrogens (tertiary/aromatic N) is 1. The van der Waals surface area contributed by atoms with E-state index in [1.165, 1.54) is 5.56 Å². The van der Waals surface area contributed by atoms with Gasteiger partial charge >= 0.3 is 0 Å². The van der Waals surface area contributed by atoms with Crippen molar-refractivity contribution in [3.8, 4) is 0 Å². The van der Waals surface area contributed by atoms with Gasteiger partial charge in [-0.05, 0) is 49.1 Å². The molecule has 1 N–H and O–H groups in total. The maximum atomic E-state index is 13.3. The third-order valence-electron chi connectivity index (χ3n) is 5.76. The maximum Gasteiger partial charge on any atom is 0.144 e. The van der Waals surface area contributed by atoms with Gasteiger partial charge in [-0.1, -0.05) is 42.5 Å². The van der Waals surface area contributed by atoms with Gasteiger partial charge in [-0.25, -0.2) is 0 Å². The largest absolute Gasteiger partial charge is 0.464 e. The molecule has 1 aliphatic carbocycles. The molecule has 1 saturated carbocycles. The van der Waals surface area contributed by atoms with E-state index in [1.807, 2.05) is 61.5 Å². The summed E-state index contributed by atoms with van der Waals surface area (Å²) >= 11 is 0. The molecule has 0 saturated heterocycles. The first-order chi connectivity index (χ1) is 13.7. The quantitative estimate of drug-likeness (QED) is 0.640. The van der Waals surface area contributed by atoms with Crippen molar-refractivity contribution in [1.29, 1.82) is 0 Å². The summed E-state index contributed by atoms with van der Waals surface area (Å²) in [6.07, 6.45) is 1.31. The summed E-state index contributed by atoms with van der Waals surface area (Å²) in [6.45, 7) is 1.93. The van der Waals surface area contributed by atoms with Crippen LogP contribution >= 0.6 is 0 Å². The van der Waals surface area contributed by atoms with Crippen molar-refractivity contribution in [2.24, 2.45) is 10.9 Å². The minimum absolute atomic E-state index is 0.174. The van der Waals surface area contributed by atoms with Gasteiger partial charge in [-0.3, -0.25) is 9.79 Å². The number of hydrogen-bond acceptors (Lipinski definition) is 4. The Kier molecular flexibility index (Phi) is 4.12. The topological polar surface area (TPSA) is 54.6 Å². The van der Waals surface area contributed by atoms with Crippen LogP contribution in [0.4, 0.5) is 11.4 Å². The molecule has 2 aliphatic rings. The number of carbonyl (C=O) groups is 1. The van der Waals surface area contributed by atoms with Crippen molar-refractivity contribution in [2.45, 2.75) is 31.7 Å². The third-order valence-corrected chi connectivity index (χ3v) is 5.76. The Morgan fingerprint density at radius 1 is 0.964 bits per heavy atom. The Hall–Kier alpha value is -3.14. The number of benzene rings is 2. The average molecular weight is 370 g/mol. The van der Waals surface area contributed by atoms with Gasteiger partial charge in [-0.15, -0.1) is 0 Å². The fourth-order valence-electron chi connectivity index (χ4n) is 4.42. The predicted octanol–water partition coefficient (Wildman–Crippen LogP) is 5.59. The highest BCUT2D eigenvalue weighted by molar-refractivity contribution is 6.10. The lowest BCUT2D eigenvalue weighted by molar-refractivity contribution is -0.122. The number of aryl methyl sites for hydroxylation is 1. The van der Waals surface area contributed by atoms with Crippen molar-refractivity contribution in [3.63, 3.8) is 0 Å². The lowest BCUT2D eigenvalue weighted by Crippen LogP contribution is -2.38. The summed E-state index contributed by atoms with van der Waals surface area (Å²) in [5, 5.41) is 3.54. The molecule has 0 amide bonds. The summed E-state index contributed by atoms with van der Waals surface area (Å²) < 4.78 is 5.93. The lowest BCUT2D eigenvalue weighted by Gasteiger charge is -2.32. The lowest BCUT2D eigenvalue weighted by atomic mass is 9.73. The van der Waals surface area contributed by atoms with E-state index in [4.69, 9.17) is 9.41 Å². The molecule has 28 heavy (non-hydrogen) atoms. The molecule has 0 radical (unpaired) electrons. The van der Waals surface area contributed by atoms with Gasteiger partial charge in [0.05, 0.1) is 23.3 Å². The van der Waals surface area contributed by atoms with Crippen LogP contribution in [0.5, 0.6) is 0 Å². The summed E-state index contributed by atoms with van der Waals surface area (Å²) in [5.74, 6) is 1.72. The number of carbonyl (C=O) groups excluding carboxylic acids is 1. The zero-order valence-electron chi connectivity index (χ0n) is 15.8. The third kappa shape index (κ3) is 2.95. The second-order valence-corrected chi connectivity index (χ2v) is 7.65. The fraction of sp³-hybridized carbons (Fsp3) is 0.250. The van der Waals surface area contributed by atoms with Crippen LogP contribution in [0.25, 0.3) is 0 Å². The molecule has 3 aromatic rings. The van der Waals surface area contributed by atoms with Crippen LogP contribution in [0, 0.1) is 12.8 Å². The second kappa shape index (κ2) is 6.79. The standard InChI is InChI=1S/C24H22N2O2/c1-15-11-12-22(28-15)24-23-20(25-18-9-5-6-10-19(18)26-24)13-17(14-21(23)27)16-7-3-2-4-8-16/h2-12,17,23-24,26H,13-14H2,1H3. The fourth-order valence-corrected chi connectivity index (χ4v) is 4.42. The zero-order chi connectivity index (χ0) is 19.1. The van der Waals surface area contributed by atoms with E-state index in [2.05, 4.69) is 17.4 Å². The summed E-state index contributed by atoms with van der Waals surface area (Å²) in [6, 6.07) is 22.0. The van der Waals surface area contributed by atoms with Gasteiger partial charge in [0, 0.05) is 12.1 Å². The molecule has 2 heterocycles. The van der Waals surface area contributed by atoms with Crippen molar-refractivity contribution in [2.75, 3.05) is 5.32 Å². The molecular weight excluding hydrogens is 348 g/mol. The number of fused-ring (bicyclic) bond motifs is 2. The van der Waals surface area contributed by atoms with Gasteiger partial charge in [0.1, 0.15) is 17.3 Å². The van der Waals surface area contributed by atoms with E-state index in [9.17, 15) is 4.79 Å². The molecule has 1 aliphatic heterocycles. The number of furan rings is 1. The average Bonchev–Trinajstić information content (AvgIpc) is 3.06. The Balaban J connectivity index is 1.60. The van der Waals surface area contributed by atoms with Gasteiger partial charge in [-0.2, -0.15) is 0 Å². The summed E-state index contributed by atoms with van der Waals surface area (Å²) in [5.41, 5.74) is 3.97. The highest BCUT2D eigenvalue weighted by atomic mass is 16.3. The molecule has 1 fully saturated rings. The van der Waals surface area contributed by atoms with E-state index in [0.29, 0.717) is 6.42 Å². The number of nitrogens with one attached hydrogen (secondary N) is 1. The Morgan fingerprint density at radius 2 is 1.75 bits per heavy atom. The Morgan fingerprint density at radius 3 is 2.54 bits per heavy atom. The molecule has 0 spiro atoms. The number of Topliss-reactive ketones (excluding diaryl/α,β-unsaturated/α-hetero) is 1. The number of ketones is 1. The van der Waals surface area contributed by atoms with Crippen LogP contribution in [-0.2, 0) is 4.79 Å². The van der Waals surface area contributed by atoms with E-state index < -0.39 is 0 Å². The first-order valence-electron chi connectivity index (χ1n) is 9.76. The number of aliphatic imine (C=N–C) groups is 1. The van der Waals surface area contributed by atoms with Gasteiger partial charge in [0.25, 0.3) is 0 Å². The van der Waals surface area contributed by atoms with Gasteiger partial charge in [0.2, 0.25) is 0 Å². The van der Waals surface area contributed by atoms with Crippen LogP contribution in [0.1, 0.15) is 41.9 Å². The van der Waals surface area contributed by atoms with E-state index in [0.717, 1.165) is 35.0 Å². The molecule has 3 unspecified atom stereocenters. The molecule has 140 valence electrons. The van der Waals surface area contributed by atoms with Crippen LogP contribution in [0.3, 0.4) is 0 Å². The van der Waals surface area contributed by atoms with Crippen LogP contribution in [0.15, 0.2) is 76.1 Å². The summed E-state index contributed by atoms with van der Waals surface area (Å²) in [4.78, 5) is 18.3. The van der Waals surface area contributed by atoms with Gasteiger partial charge in [0.15, 0.2) is 0 Å². The minimum Gasteiger partial charge on any atom is -0.464 e. The predicted molar refractivity (Wildman–Crippen MR) is 110 cm³/mol.